The van der Waals surface area contributed by atoms with E-state index in [1.165, 1.54) is 4.90 Å². The van der Waals surface area contributed by atoms with E-state index in [4.69, 9.17) is 9.47 Å². The van der Waals surface area contributed by atoms with Crippen molar-refractivity contribution in [3.8, 4) is 0 Å². The number of esters is 1. The molecular formula is C31H40BrN3O7. The fourth-order valence-corrected chi connectivity index (χ4v) is 7.38. The number of benzene rings is 1. The monoisotopic (exact) mass is 645 g/mol. The molecule has 42 heavy (non-hydrogen) atoms. The van der Waals surface area contributed by atoms with Gasteiger partial charge in [0, 0.05) is 24.3 Å². The summed E-state index contributed by atoms with van der Waals surface area (Å²) in [5.41, 5.74) is -0.367. The molecule has 10 nitrogen and oxygen atoms in total. The molecule has 3 aliphatic rings. The van der Waals surface area contributed by atoms with Crippen molar-refractivity contribution in [2.24, 2.45) is 11.8 Å². The van der Waals surface area contributed by atoms with Gasteiger partial charge in [-0.05, 0) is 32.3 Å². The molecule has 3 heterocycles. The molecule has 0 radical (unpaired) electrons. The van der Waals surface area contributed by atoms with E-state index in [9.17, 15) is 24.3 Å². The summed E-state index contributed by atoms with van der Waals surface area (Å²) >= 11 is 3.65. The quantitative estimate of drug-likeness (QED) is 0.181. The SMILES string of the molecule is C=CCCC(=O)NC[C@H](C)OC(=O)[C@@H]1[C@H]2O[C@@]3(CC2Br)[C@H](C(=O)N(CC=C)Cc2ccccc2)N([C@H](C)CO)C(=O)[C@@H]13. The standard InChI is InChI=1S/C31H40BrN3O7/c1-5-7-13-23(37)33-16-20(4)41-30(40)24-25-28(38)35(19(3)18-36)27(31(25)15-22(32)26(24)42-31)29(39)34(14-6-2)17-21-11-9-8-10-12-21/h5-6,8-12,19-20,22,24-27,36H,1-2,7,13-18H2,3-4H3,(H,33,37)/t19-,20+,22?,24+,25-,26+,27+,31-/m1/s1. The second-order valence-electron chi connectivity index (χ2n) is 11.3. The largest absolute Gasteiger partial charge is 0.460 e. The summed E-state index contributed by atoms with van der Waals surface area (Å²) in [5, 5.41) is 12.8. The van der Waals surface area contributed by atoms with E-state index in [1.807, 2.05) is 30.3 Å². The molecule has 3 fully saturated rings. The maximum atomic E-state index is 14.4. The number of amides is 3. The Labute approximate surface area is 255 Å². The maximum absolute atomic E-state index is 14.4. The van der Waals surface area contributed by atoms with Crippen LogP contribution in [-0.4, -0.2) is 93.0 Å². The van der Waals surface area contributed by atoms with Gasteiger partial charge in [0.05, 0.1) is 37.1 Å². The minimum atomic E-state index is -1.28. The van der Waals surface area contributed by atoms with Crippen molar-refractivity contribution in [3.63, 3.8) is 0 Å². The molecule has 3 saturated heterocycles. The molecule has 1 aromatic carbocycles. The third kappa shape index (κ3) is 6.05. The average Bonchev–Trinajstić information content (AvgIpc) is 3.57. The zero-order valence-corrected chi connectivity index (χ0v) is 25.7. The number of carbonyl (C=O) groups is 4. The summed E-state index contributed by atoms with van der Waals surface area (Å²) in [6, 6.07) is 7.77. The number of ether oxygens (including phenoxy) is 2. The summed E-state index contributed by atoms with van der Waals surface area (Å²) in [7, 11) is 0. The summed E-state index contributed by atoms with van der Waals surface area (Å²) in [6.07, 6.45) is 3.12. The van der Waals surface area contributed by atoms with Gasteiger partial charge in [0.1, 0.15) is 17.7 Å². The van der Waals surface area contributed by atoms with Crippen molar-refractivity contribution in [1.82, 2.24) is 15.1 Å². The van der Waals surface area contributed by atoms with Crippen molar-refractivity contribution < 1.29 is 33.8 Å². The van der Waals surface area contributed by atoms with E-state index < -0.39 is 53.6 Å². The van der Waals surface area contributed by atoms with Crippen LogP contribution in [0.3, 0.4) is 0 Å². The van der Waals surface area contributed by atoms with E-state index >= 15 is 0 Å². The van der Waals surface area contributed by atoms with Gasteiger partial charge in [0.2, 0.25) is 17.7 Å². The van der Waals surface area contributed by atoms with Crippen LogP contribution in [0.25, 0.3) is 0 Å². The van der Waals surface area contributed by atoms with E-state index in [0.717, 1.165) is 5.56 Å². The molecule has 11 heteroatoms. The summed E-state index contributed by atoms with van der Waals surface area (Å²) in [4.78, 5) is 56.8. The number of nitrogens with zero attached hydrogens (tertiary/aromatic N) is 2. The van der Waals surface area contributed by atoms with Gasteiger partial charge >= 0.3 is 5.97 Å². The van der Waals surface area contributed by atoms with E-state index in [2.05, 4.69) is 34.4 Å². The van der Waals surface area contributed by atoms with Crippen LogP contribution in [-0.2, 0) is 35.2 Å². The summed E-state index contributed by atoms with van der Waals surface area (Å²) < 4.78 is 12.2. The highest BCUT2D eigenvalue weighted by molar-refractivity contribution is 9.09. The first-order chi connectivity index (χ1) is 20.1. The topological polar surface area (TPSA) is 125 Å². The molecule has 2 bridgehead atoms. The highest BCUT2D eigenvalue weighted by Gasteiger charge is 2.77. The molecule has 1 aromatic rings. The molecule has 2 N–H and O–H groups in total. The lowest BCUT2D eigenvalue weighted by molar-refractivity contribution is -0.160. The molecule has 228 valence electrons. The number of likely N-dealkylation sites (tertiary alicyclic amines) is 1. The zero-order chi connectivity index (χ0) is 30.6. The summed E-state index contributed by atoms with van der Waals surface area (Å²) in [5.74, 6) is -3.45. The highest BCUT2D eigenvalue weighted by Crippen LogP contribution is 2.60. The van der Waals surface area contributed by atoms with Crippen molar-refractivity contribution >= 4 is 39.6 Å². The molecular weight excluding hydrogens is 606 g/mol. The molecule has 0 saturated carbocycles. The van der Waals surface area contributed by atoms with Gasteiger partial charge in [0.15, 0.2) is 0 Å². The Morgan fingerprint density at radius 3 is 2.62 bits per heavy atom. The van der Waals surface area contributed by atoms with Gasteiger partial charge in [-0.25, -0.2) is 0 Å². The minimum absolute atomic E-state index is 0.117. The Balaban J connectivity index is 1.61. The van der Waals surface area contributed by atoms with Gasteiger partial charge < -0.3 is 29.7 Å². The van der Waals surface area contributed by atoms with Crippen molar-refractivity contribution in [3.05, 3.63) is 61.2 Å². The van der Waals surface area contributed by atoms with Gasteiger partial charge in [-0.15, -0.1) is 13.2 Å². The second-order valence-corrected chi connectivity index (χ2v) is 12.5. The van der Waals surface area contributed by atoms with E-state index in [0.29, 0.717) is 19.4 Å². The third-order valence-electron chi connectivity index (χ3n) is 8.33. The molecule has 8 atom stereocenters. The first kappa shape index (κ1) is 31.9. The zero-order valence-electron chi connectivity index (χ0n) is 24.1. The van der Waals surface area contributed by atoms with Crippen molar-refractivity contribution in [2.45, 2.75) is 74.4 Å². The number of hydrogen-bond donors (Lipinski definition) is 2. The van der Waals surface area contributed by atoms with E-state index in [-0.39, 0.29) is 42.8 Å². The number of fused-ring (bicyclic) bond motifs is 1. The number of allylic oxidation sites excluding steroid dienone is 1. The highest BCUT2D eigenvalue weighted by atomic mass is 79.9. The normalized spacial score (nSPS) is 29.0. The predicted molar refractivity (Wildman–Crippen MR) is 159 cm³/mol. The molecule has 4 rings (SSSR count). The first-order valence-electron chi connectivity index (χ1n) is 14.4. The van der Waals surface area contributed by atoms with Crippen molar-refractivity contribution in [1.29, 1.82) is 0 Å². The number of hydrogen-bond acceptors (Lipinski definition) is 7. The number of aliphatic hydroxyl groups excluding tert-OH is 1. The van der Waals surface area contributed by atoms with Crippen LogP contribution in [0.2, 0.25) is 0 Å². The first-order valence-corrected chi connectivity index (χ1v) is 15.3. The van der Waals surface area contributed by atoms with Crippen LogP contribution in [0, 0.1) is 11.8 Å². The number of rotatable bonds is 14. The number of alkyl halides is 1. The van der Waals surface area contributed by atoms with Crippen molar-refractivity contribution in [2.75, 3.05) is 19.7 Å². The Hall–Kier alpha value is -3.02. The smallest absolute Gasteiger partial charge is 0.312 e. The molecule has 3 aliphatic heterocycles. The number of aliphatic hydroxyl groups is 1. The Kier molecular flexibility index (Phi) is 10.3. The minimum Gasteiger partial charge on any atom is -0.460 e. The number of halogens is 1. The lowest BCUT2D eigenvalue weighted by atomic mass is 9.70. The summed E-state index contributed by atoms with van der Waals surface area (Å²) in [6.45, 7) is 11.1. The average molecular weight is 647 g/mol. The maximum Gasteiger partial charge on any atom is 0.312 e. The molecule has 1 spiro atoms. The lowest BCUT2D eigenvalue weighted by Gasteiger charge is -2.38. The predicted octanol–water partition coefficient (Wildman–Crippen LogP) is 2.34. The Bertz CT molecular complexity index is 1200. The second kappa shape index (κ2) is 13.5. The van der Waals surface area contributed by atoms with Gasteiger partial charge in [-0.2, -0.15) is 0 Å². The third-order valence-corrected chi connectivity index (χ3v) is 9.17. The van der Waals surface area contributed by atoms with Gasteiger partial charge in [-0.1, -0.05) is 58.4 Å². The molecule has 0 aromatic heterocycles. The fraction of sp³-hybridized carbons (Fsp3) is 0.548. The molecule has 3 amide bonds. The van der Waals surface area contributed by atoms with E-state index in [1.54, 1.807) is 30.9 Å². The van der Waals surface area contributed by atoms with Crippen LogP contribution in [0.4, 0.5) is 0 Å². The van der Waals surface area contributed by atoms with Crippen LogP contribution < -0.4 is 5.32 Å². The van der Waals surface area contributed by atoms with Gasteiger partial charge in [0.25, 0.3) is 0 Å². The molecule has 1 unspecified atom stereocenters. The fourth-order valence-electron chi connectivity index (χ4n) is 6.44. The number of nitrogens with one attached hydrogen (secondary N) is 1. The van der Waals surface area contributed by atoms with Crippen LogP contribution in [0.1, 0.15) is 38.7 Å². The lowest BCUT2D eigenvalue weighted by Crippen LogP contribution is -2.58. The molecule has 0 aliphatic carbocycles. The Morgan fingerprint density at radius 1 is 1.26 bits per heavy atom. The van der Waals surface area contributed by atoms with Crippen LogP contribution >= 0.6 is 15.9 Å². The number of carbonyl (C=O) groups excluding carboxylic acids is 4. The van der Waals surface area contributed by atoms with Crippen LogP contribution in [0.5, 0.6) is 0 Å². The van der Waals surface area contributed by atoms with Crippen LogP contribution in [0.15, 0.2) is 55.6 Å². The Morgan fingerprint density at radius 2 is 1.98 bits per heavy atom. The van der Waals surface area contributed by atoms with Gasteiger partial charge in [-0.3, -0.25) is 19.2 Å².